The van der Waals surface area contributed by atoms with Crippen LogP contribution in [0.1, 0.15) is 38.2 Å². The lowest BCUT2D eigenvalue weighted by Crippen LogP contribution is -2.06. The van der Waals surface area contributed by atoms with Crippen molar-refractivity contribution in [2.75, 3.05) is 12.3 Å². The lowest BCUT2D eigenvalue weighted by molar-refractivity contribution is -0.143. The summed E-state index contributed by atoms with van der Waals surface area (Å²) in [5, 5.41) is 0. The van der Waals surface area contributed by atoms with Crippen molar-refractivity contribution in [3.05, 3.63) is 54.1 Å². The Kier molecular flexibility index (Phi) is 5.59. The minimum atomic E-state index is -0.133. The van der Waals surface area contributed by atoms with E-state index in [2.05, 4.69) is 19.1 Å². The fourth-order valence-electron chi connectivity index (χ4n) is 2.64. The standard InChI is InChI=1S/C19H23NO2/c1-3-22-19(21)13-12-14(2)15-8-4-5-9-16(15)17-10-6-7-11-18(17)20/h4-11,14H,3,12-13,20H2,1-2H3. The number of benzene rings is 2. The highest BCUT2D eigenvalue weighted by atomic mass is 16.5. The summed E-state index contributed by atoms with van der Waals surface area (Å²) in [4.78, 5) is 11.5. The summed E-state index contributed by atoms with van der Waals surface area (Å²) in [7, 11) is 0. The van der Waals surface area contributed by atoms with Crippen LogP contribution in [0, 0.1) is 0 Å². The van der Waals surface area contributed by atoms with Crippen LogP contribution in [0.2, 0.25) is 0 Å². The zero-order valence-corrected chi connectivity index (χ0v) is 13.2. The van der Waals surface area contributed by atoms with Gasteiger partial charge in [0.15, 0.2) is 0 Å². The molecule has 0 aliphatic heterocycles. The topological polar surface area (TPSA) is 52.3 Å². The molecule has 3 heteroatoms. The van der Waals surface area contributed by atoms with Crippen LogP contribution in [0.4, 0.5) is 5.69 Å². The first-order valence-electron chi connectivity index (χ1n) is 7.73. The number of anilines is 1. The Balaban J connectivity index is 2.21. The van der Waals surface area contributed by atoms with Crippen LogP contribution in [0.25, 0.3) is 11.1 Å². The van der Waals surface area contributed by atoms with E-state index in [9.17, 15) is 4.79 Å². The second-order valence-corrected chi connectivity index (χ2v) is 5.42. The van der Waals surface area contributed by atoms with E-state index < -0.39 is 0 Å². The lowest BCUT2D eigenvalue weighted by atomic mass is 9.88. The first-order chi connectivity index (χ1) is 10.6. The molecule has 3 nitrogen and oxygen atoms in total. The van der Waals surface area contributed by atoms with Crippen molar-refractivity contribution in [1.82, 2.24) is 0 Å². The van der Waals surface area contributed by atoms with Crippen LogP contribution in [0.15, 0.2) is 48.5 Å². The Hall–Kier alpha value is -2.29. The Bertz CT molecular complexity index is 637. The van der Waals surface area contributed by atoms with Gasteiger partial charge in [0.1, 0.15) is 0 Å². The Morgan fingerprint density at radius 3 is 2.41 bits per heavy atom. The van der Waals surface area contributed by atoms with Crippen LogP contribution >= 0.6 is 0 Å². The highest BCUT2D eigenvalue weighted by molar-refractivity contribution is 5.78. The molecular weight excluding hydrogens is 274 g/mol. The van der Waals surface area contributed by atoms with Gasteiger partial charge in [0, 0.05) is 17.7 Å². The highest BCUT2D eigenvalue weighted by Crippen LogP contribution is 2.34. The molecule has 0 saturated heterocycles. The number of carbonyl (C=O) groups is 1. The minimum absolute atomic E-state index is 0.133. The van der Waals surface area contributed by atoms with Gasteiger partial charge < -0.3 is 10.5 Å². The molecule has 0 spiro atoms. The van der Waals surface area contributed by atoms with Crippen LogP contribution in [-0.2, 0) is 9.53 Å². The van der Waals surface area contributed by atoms with Crippen molar-refractivity contribution in [2.45, 2.75) is 32.6 Å². The molecular formula is C19H23NO2. The quantitative estimate of drug-likeness (QED) is 0.636. The summed E-state index contributed by atoms with van der Waals surface area (Å²) in [6, 6.07) is 16.1. The van der Waals surface area contributed by atoms with Crippen LogP contribution in [0.5, 0.6) is 0 Å². The van der Waals surface area contributed by atoms with E-state index in [1.807, 2.05) is 43.3 Å². The summed E-state index contributed by atoms with van der Waals surface area (Å²) in [6.45, 7) is 4.40. The van der Waals surface area contributed by atoms with E-state index in [4.69, 9.17) is 10.5 Å². The van der Waals surface area contributed by atoms with Crippen molar-refractivity contribution in [1.29, 1.82) is 0 Å². The van der Waals surface area contributed by atoms with Crippen molar-refractivity contribution in [3.63, 3.8) is 0 Å². The third-order valence-electron chi connectivity index (χ3n) is 3.83. The zero-order valence-electron chi connectivity index (χ0n) is 13.2. The summed E-state index contributed by atoms with van der Waals surface area (Å²) < 4.78 is 5.00. The number of nitrogen functional groups attached to an aromatic ring is 1. The van der Waals surface area contributed by atoms with Gasteiger partial charge in [-0.15, -0.1) is 0 Å². The normalized spacial score (nSPS) is 11.9. The molecule has 2 rings (SSSR count). The maximum atomic E-state index is 11.5. The van der Waals surface area contributed by atoms with Crippen molar-refractivity contribution in [2.24, 2.45) is 0 Å². The van der Waals surface area contributed by atoms with Gasteiger partial charge in [-0.1, -0.05) is 49.4 Å². The molecule has 0 amide bonds. The number of esters is 1. The molecule has 0 radical (unpaired) electrons. The Morgan fingerprint density at radius 2 is 1.73 bits per heavy atom. The number of hydrogen-bond donors (Lipinski definition) is 1. The maximum absolute atomic E-state index is 11.5. The minimum Gasteiger partial charge on any atom is -0.466 e. The number of nitrogens with two attached hydrogens (primary N) is 1. The molecule has 0 aliphatic carbocycles. The predicted molar refractivity (Wildman–Crippen MR) is 90.6 cm³/mol. The monoisotopic (exact) mass is 297 g/mol. The van der Waals surface area contributed by atoms with E-state index >= 15 is 0 Å². The molecule has 116 valence electrons. The number of rotatable bonds is 6. The fraction of sp³-hybridized carbons (Fsp3) is 0.316. The SMILES string of the molecule is CCOC(=O)CCC(C)c1ccccc1-c1ccccc1N. The molecule has 2 aromatic carbocycles. The molecule has 0 bridgehead atoms. The summed E-state index contributed by atoms with van der Waals surface area (Å²) >= 11 is 0. The molecule has 1 atom stereocenters. The predicted octanol–water partition coefficient (Wildman–Crippen LogP) is 4.38. The molecule has 0 aliphatic rings. The molecule has 0 fully saturated rings. The maximum Gasteiger partial charge on any atom is 0.305 e. The van der Waals surface area contributed by atoms with E-state index in [1.165, 1.54) is 5.56 Å². The highest BCUT2D eigenvalue weighted by Gasteiger charge is 2.14. The molecule has 2 aromatic rings. The average molecular weight is 297 g/mol. The smallest absolute Gasteiger partial charge is 0.305 e. The molecule has 22 heavy (non-hydrogen) atoms. The number of ether oxygens (including phenoxy) is 1. The Morgan fingerprint density at radius 1 is 1.09 bits per heavy atom. The van der Waals surface area contributed by atoms with Gasteiger partial charge in [-0.05, 0) is 36.5 Å². The number of para-hydroxylation sites is 1. The average Bonchev–Trinajstić information content (AvgIpc) is 2.53. The first kappa shape index (κ1) is 16.1. The first-order valence-corrected chi connectivity index (χ1v) is 7.73. The molecule has 0 heterocycles. The van der Waals surface area contributed by atoms with Crippen molar-refractivity contribution in [3.8, 4) is 11.1 Å². The van der Waals surface area contributed by atoms with Gasteiger partial charge in [-0.25, -0.2) is 0 Å². The lowest BCUT2D eigenvalue weighted by Gasteiger charge is -2.17. The van der Waals surface area contributed by atoms with Gasteiger partial charge in [0.05, 0.1) is 6.61 Å². The van der Waals surface area contributed by atoms with Gasteiger partial charge in [0.2, 0.25) is 0 Å². The fourth-order valence-corrected chi connectivity index (χ4v) is 2.64. The van der Waals surface area contributed by atoms with E-state index in [1.54, 1.807) is 0 Å². The molecule has 2 N–H and O–H groups in total. The van der Waals surface area contributed by atoms with Gasteiger partial charge >= 0.3 is 5.97 Å². The van der Waals surface area contributed by atoms with Crippen LogP contribution in [-0.4, -0.2) is 12.6 Å². The summed E-state index contributed by atoms with van der Waals surface area (Å²) in [5.41, 5.74) is 10.3. The summed E-state index contributed by atoms with van der Waals surface area (Å²) in [5.74, 6) is 0.131. The summed E-state index contributed by atoms with van der Waals surface area (Å²) in [6.07, 6.45) is 1.20. The van der Waals surface area contributed by atoms with Gasteiger partial charge in [-0.2, -0.15) is 0 Å². The van der Waals surface area contributed by atoms with Gasteiger partial charge in [0.25, 0.3) is 0 Å². The Labute approximate surface area is 132 Å². The van der Waals surface area contributed by atoms with Crippen molar-refractivity contribution >= 4 is 11.7 Å². The molecule has 0 saturated carbocycles. The third kappa shape index (κ3) is 3.88. The van der Waals surface area contributed by atoms with Crippen molar-refractivity contribution < 1.29 is 9.53 Å². The van der Waals surface area contributed by atoms with E-state index in [-0.39, 0.29) is 11.9 Å². The zero-order chi connectivity index (χ0) is 15.9. The molecule has 0 aromatic heterocycles. The largest absolute Gasteiger partial charge is 0.466 e. The van der Waals surface area contributed by atoms with Crippen LogP contribution in [0.3, 0.4) is 0 Å². The van der Waals surface area contributed by atoms with E-state index in [0.29, 0.717) is 13.0 Å². The number of hydrogen-bond acceptors (Lipinski definition) is 3. The van der Waals surface area contributed by atoms with E-state index in [0.717, 1.165) is 23.2 Å². The second-order valence-electron chi connectivity index (χ2n) is 5.42. The van der Waals surface area contributed by atoms with Gasteiger partial charge in [-0.3, -0.25) is 4.79 Å². The van der Waals surface area contributed by atoms with Crippen LogP contribution < -0.4 is 5.73 Å². The molecule has 1 unspecified atom stereocenters. The second kappa shape index (κ2) is 7.64. The third-order valence-corrected chi connectivity index (χ3v) is 3.83. The number of carbonyl (C=O) groups excluding carboxylic acids is 1.